The molecule has 0 aromatic carbocycles. The molecule has 4 unspecified atom stereocenters. The van der Waals surface area contributed by atoms with Gasteiger partial charge in [0.05, 0.1) is 11.8 Å². The van der Waals surface area contributed by atoms with E-state index in [0.717, 1.165) is 0 Å². The summed E-state index contributed by atoms with van der Waals surface area (Å²) in [5.74, 6) is -3.72. The van der Waals surface area contributed by atoms with Gasteiger partial charge in [-0.15, -0.1) is 0 Å². The molecule has 1 fully saturated rings. The van der Waals surface area contributed by atoms with Gasteiger partial charge in [-0.3, -0.25) is 9.59 Å². The Morgan fingerprint density at radius 1 is 1.07 bits per heavy atom. The van der Waals surface area contributed by atoms with Gasteiger partial charge in [0.2, 0.25) is 0 Å². The molecule has 1 saturated carbocycles. The molecule has 0 aliphatic heterocycles. The summed E-state index contributed by atoms with van der Waals surface area (Å²) >= 11 is 6.57. The van der Waals surface area contributed by atoms with E-state index in [-0.39, 0.29) is 9.65 Å². The van der Waals surface area contributed by atoms with Crippen molar-refractivity contribution in [2.75, 3.05) is 0 Å². The van der Waals surface area contributed by atoms with Crippen LogP contribution in [0.25, 0.3) is 0 Å². The van der Waals surface area contributed by atoms with Crippen LogP contribution < -0.4 is 0 Å². The van der Waals surface area contributed by atoms with Gasteiger partial charge in [0, 0.05) is 9.65 Å². The Morgan fingerprint density at radius 2 is 1.64 bits per heavy atom. The lowest BCUT2D eigenvalue weighted by molar-refractivity contribution is -0.155. The average Bonchev–Trinajstić information content (AvgIpc) is 2.08. The van der Waals surface area contributed by atoms with E-state index in [1.54, 1.807) is 0 Å². The van der Waals surface area contributed by atoms with Gasteiger partial charge >= 0.3 is 11.9 Å². The number of hydrogen-bond donors (Lipinski definition) is 2. The Morgan fingerprint density at radius 3 is 2.07 bits per heavy atom. The first-order valence-electron chi connectivity index (χ1n) is 4.19. The summed E-state index contributed by atoms with van der Waals surface area (Å²) in [6, 6.07) is 0. The first-order valence-corrected chi connectivity index (χ1v) is 6.02. The second-order valence-corrected chi connectivity index (χ2v) is 5.58. The highest BCUT2D eigenvalue weighted by Crippen LogP contribution is 2.38. The molecule has 0 aromatic heterocycles. The smallest absolute Gasteiger partial charge is 0.308 e. The van der Waals surface area contributed by atoms with E-state index in [2.05, 4.69) is 31.9 Å². The van der Waals surface area contributed by atoms with E-state index in [9.17, 15) is 9.59 Å². The second kappa shape index (κ2) is 4.61. The SMILES string of the molecule is O=C(O)C1CCC(Br)C(Br)C1C(=O)O. The number of hydrogen-bond acceptors (Lipinski definition) is 2. The number of carbonyl (C=O) groups is 2. The molecule has 0 bridgehead atoms. The normalized spacial score (nSPS) is 37.9. The van der Waals surface area contributed by atoms with Crippen LogP contribution in [-0.2, 0) is 9.59 Å². The summed E-state index contributed by atoms with van der Waals surface area (Å²) in [4.78, 5) is 21.4. The zero-order chi connectivity index (χ0) is 10.9. The topological polar surface area (TPSA) is 74.6 Å². The van der Waals surface area contributed by atoms with Crippen molar-refractivity contribution >= 4 is 43.8 Å². The summed E-state index contributed by atoms with van der Waals surface area (Å²) in [5.41, 5.74) is 0. The Hall–Kier alpha value is -0.100. The average molecular weight is 330 g/mol. The number of carboxylic acid groups (broad SMARTS) is 2. The summed E-state index contributed by atoms with van der Waals surface area (Å²) in [5, 5.41) is 17.8. The fraction of sp³-hybridized carbons (Fsp3) is 0.750. The van der Waals surface area contributed by atoms with E-state index in [4.69, 9.17) is 10.2 Å². The standard InChI is InChI=1S/C8H10Br2O4/c9-4-2-1-3(7(11)12)5(6(4)10)8(13)14/h3-6H,1-2H2,(H,11,12)(H,13,14). The lowest BCUT2D eigenvalue weighted by Gasteiger charge is -2.33. The molecule has 0 aromatic rings. The van der Waals surface area contributed by atoms with E-state index >= 15 is 0 Å². The van der Waals surface area contributed by atoms with Gasteiger partial charge < -0.3 is 10.2 Å². The molecule has 0 heterocycles. The molecule has 4 atom stereocenters. The van der Waals surface area contributed by atoms with Gasteiger partial charge in [-0.1, -0.05) is 31.9 Å². The van der Waals surface area contributed by atoms with Crippen molar-refractivity contribution < 1.29 is 19.8 Å². The third-order valence-electron chi connectivity index (χ3n) is 2.48. The molecular weight excluding hydrogens is 320 g/mol. The lowest BCUT2D eigenvalue weighted by Crippen LogP contribution is -2.43. The zero-order valence-corrected chi connectivity index (χ0v) is 10.4. The van der Waals surface area contributed by atoms with Crippen LogP contribution in [0, 0.1) is 11.8 Å². The highest BCUT2D eigenvalue weighted by Gasteiger charge is 2.44. The lowest BCUT2D eigenvalue weighted by atomic mass is 9.79. The van der Waals surface area contributed by atoms with Crippen molar-refractivity contribution in [3.63, 3.8) is 0 Å². The van der Waals surface area contributed by atoms with Crippen molar-refractivity contribution in [2.24, 2.45) is 11.8 Å². The van der Waals surface area contributed by atoms with E-state index in [0.29, 0.717) is 12.8 Å². The minimum Gasteiger partial charge on any atom is -0.481 e. The third-order valence-corrected chi connectivity index (χ3v) is 5.42. The maximum absolute atomic E-state index is 10.9. The first kappa shape index (κ1) is 12.0. The van der Waals surface area contributed by atoms with Gasteiger partial charge in [0.15, 0.2) is 0 Å². The Labute approximate surface area is 97.9 Å². The van der Waals surface area contributed by atoms with Gasteiger partial charge in [-0.2, -0.15) is 0 Å². The van der Waals surface area contributed by atoms with Gasteiger partial charge in [0.1, 0.15) is 0 Å². The van der Waals surface area contributed by atoms with Crippen molar-refractivity contribution in [1.82, 2.24) is 0 Å². The molecule has 1 rings (SSSR count). The van der Waals surface area contributed by atoms with E-state index in [1.807, 2.05) is 0 Å². The maximum Gasteiger partial charge on any atom is 0.308 e. The molecule has 1 aliphatic carbocycles. The Balaban J connectivity index is 2.87. The molecule has 80 valence electrons. The number of rotatable bonds is 2. The molecule has 14 heavy (non-hydrogen) atoms. The number of halogens is 2. The van der Waals surface area contributed by atoms with Crippen molar-refractivity contribution in [1.29, 1.82) is 0 Å². The van der Waals surface area contributed by atoms with Crippen LogP contribution in [-0.4, -0.2) is 31.8 Å². The molecule has 0 amide bonds. The highest BCUT2D eigenvalue weighted by molar-refractivity contribution is 9.12. The quantitative estimate of drug-likeness (QED) is 0.756. The molecule has 0 spiro atoms. The monoisotopic (exact) mass is 328 g/mol. The van der Waals surface area contributed by atoms with Gasteiger partial charge in [0.25, 0.3) is 0 Å². The third kappa shape index (κ3) is 2.28. The Bertz CT molecular complexity index is 256. The van der Waals surface area contributed by atoms with Crippen LogP contribution in [0.1, 0.15) is 12.8 Å². The molecule has 6 heteroatoms. The van der Waals surface area contributed by atoms with Crippen molar-refractivity contribution in [2.45, 2.75) is 22.5 Å². The van der Waals surface area contributed by atoms with E-state index < -0.39 is 23.8 Å². The van der Waals surface area contributed by atoms with Crippen molar-refractivity contribution in [3.8, 4) is 0 Å². The van der Waals surface area contributed by atoms with Crippen LogP contribution in [0.4, 0.5) is 0 Å². The molecule has 0 radical (unpaired) electrons. The predicted octanol–water partition coefficient (Wildman–Crippen LogP) is 1.71. The molecule has 0 saturated heterocycles. The van der Waals surface area contributed by atoms with Crippen LogP contribution in [0.5, 0.6) is 0 Å². The number of aliphatic carboxylic acids is 2. The summed E-state index contributed by atoms with van der Waals surface area (Å²) < 4.78 is 0. The second-order valence-electron chi connectivity index (χ2n) is 3.35. The largest absolute Gasteiger partial charge is 0.481 e. The minimum absolute atomic E-state index is 0.0270. The summed E-state index contributed by atoms with van der Waals surface area (Å²) in [6.07, 6.45) is 1.08. The maximum atomic E-state index is 10.9. The fourth-order valence-electron chi connectivity index (χ4n) is 1.71. The minimum atomic E-state index is -1.05. The van der Waals surface area contributed by atoms with Gasteiger partial charge in [-0.25, -0.2) is 0 Å². The van der Waals surface area contributed by atoms with Crippen LogP contribution >= 0.6 is 31.9 Å². The first-order chi connectivity index (χ1) is 6.45. The van der Waals surface area contributed by atoms with Crippen LogP contribution in [0.15, 0.2) is 0 Å². The fourth-order valence-corrected chi connectivity index (χ4v) is 3.16. The van der Waals surface area contributed by atoms with Crippen molar-refractivity contribution in [3.05, 3.63) is 0 Å². The zero-order valence-electron chi connectivity index (χ0n) is 7.19. The summed E-state index contributed by atoms with van der Waals surface area (Å²) in [6.45, 7) is 0. The van der Waals surface area contributed by atoms with Gasteiger partial charge in [-0.05, 0) is 12.8 Å². The van der Waals surface area contributed by atoms with Crippen LogP contribution in [0.2, 0.25) is 0 Å². The predicted molar refractivity (Wildman–Crippen MR) is 56.9 cm³/mol. The molecule has 1 aliphatic rings. The van der Waals surface area contributed by atoms with Crippen LogP contribution in [0.3, 0.4) is 0 Å². The molecular formula is C8H10Br2O4. The number of carboxylic acids is 2. The van der Waals surface area contributed by atoms with E-state index in [1.165, 1.54) is 0 Å². The molecule has 2 N–H and O–H groups in total. The summed E-state index contributed by atoms with van der Waals surface area (Å²) in [7, 11) is 0. The Kier molecular flexibility index (Phi) is 3.94. The highest BCUT2D eigenvalue weighted by atomic mass is 79.9. The molecule has 4 nitrogen and oxygen atoms in total. The number of alkyl halides is 2.